The van der Waals surface area contributed by atoms with Gasteiger partial charge in [-0.15, -0.1) is 12.4 Å². The van der Waals surface area contributed by atoms with Crippen LogP contribution in [0.15, 0.2) is 48.5 Å². The molecule has 0 unspecified atom stereocenters. The number of benzene rings is 2. The summed E-state index contributed by atoms with van der Waals surface area (Å²) in [6.07, 6.45) is 1.71. The second-order valence-electron chi connectivity index (χ2n) is 10.7. The fourth-order valence-corrected chi connectivity index (χ4v) is 4.51. The van der Waals surface area contributed by atoms with Crippen LogP contribution < -0.4 is 20.5 Å². The zero-order chi connectivity index (χ0) is 28.8. The number of carbonyl (C=O) groups is 1. The summed E-state index contributed by atoms with van der Waals surface area (Å²) in [6, 6.07) is 15.2. The number of amides is 1. The van der Waals surface area contributed by atoms with Crippen LogP contribution in [0, 0.1) is 11.8 Å². The van der Waals surface area contributed by atoms with Gasteiger partial charge in [0.2, 0.25) is 0 Å². The molecule has 8 nitrogen and oxygen atoms in total. The van der Waals surface area contributed by atoms with E-state index in [4.69, 9.17) is 24.7 Å². The van der Waals surface area contributed by atoms with Crippen molar-refractivity contribution >= 4 is 18.3 Å². The quantitative estimate of drug-likeness (QED) is 0.227. The summed E-state index contributed by atoms with van der Waals surface area (Å²) in [5, 5.41) is 13.7. The number of ether oxygens (including phenoxy) is 4. The normalized spacial score (nSPS) is 14.9. The molecular formula is C31H49ClN2O6. The Labute approximate surface area is 246 Å². The van der Waals surface area contributed by atoms with Crippen molar-refractivity contribution < 1.29 is 28.8 Å². The average Bonchev–Trinajstić information content (AvgIpc) is 2.93. The third-order valence-corrected chi connectivity index (χ3v) is 7.28. The largest absolute Gasteiger partial charge is 0.493 e. The van der Waals surface area contributed by atoms with Gasteiger partial charge in [-0.25, -0.2) is 0 Å². The Morgan fingerprint density at radius 1 is 1.02 bits per heavy atom. The Bertz CT molecular complexity index is 993. The van der Waals surface area contributed by atoms with Gasteiger partial charge in [0.25, 0.3) is 5.91 Å². The van der Waals surface area contributed by atoms with Gasteiger partial charge in [0.05, 0.1) is 19.8 Å². The number of nitrogens with one attached hydrogen (secondary N) is 1. The highest BCUT2D eigenvalue weighted by molar-refractivity contribution is 5.85. The van der Waals surface area contributed by atoms with E-state index in [0.29, 0.717) is 43.5 Å². The lowest BCUT2D eigenvalue weighted by atomic mass is 9.83. The molecule has 0 radical (unpaired) electrons. The maximum absolute atomic E-state index is 13.0. The van der Waals surface area contributed by atoms with Crippen molar-refractivity contribution in [1.29, 1.82) is 0 Å². The first kappa shape index (κ1) is 35.7. The lowest BCUT2D eigenvalue weighted by molar-refractivity contribution is -0.141. The van der Waals surface area contributed by atoms with Gasteiger partial charge >= 0.3 is 0 Å². The van der Waals surface area contributed by atoms with E-state index in [1.54, 1.807) is 21.1 Å². The molecule has 0 saturated heterocycles. The minimum Gasteiger partial charge on any atom is -0.493 e. The predicted molar refractivity (Wildman–Crippen MR) is 161 cm³/mol. The molecule has 2 rings (SSSR count). The molecule has 226 valence electrons. The molecule has 0 aromatic heterocycles. The van der Waals surface area contributed by atoms with Crippen LogP contribution in [0.25, 0.3) is 0 Å². The molecule has 9 heteroatoms. The van der Waals surface area contributed by atoms with Gasteiger partial charge in [0, 0.05) is 46.3 Å². The van der Waals surface area contributed by atoms with Crippen LogP contribution in [0.2, 0.25) is 0 Å². The van der Waals surface area contributed by atoms with Crippen molar-refractivity contribution in [2.24, 2.45) is 17.6 Å². The highest BCUT2D eigenvalue weighted by Crippen LogP contribution is 2.31. The van der Waals surface area contributed by atoms with E-state index < -0.39 is 17.7 Å². The lowest BCUT2D eigenvalue weighted by Gasteiger charge is -2.30. The molecule has 2 aromatic carbocycles. The summed E-state index contributed by atoms with van der Waals surface area (Å²) >= 11 is 0. The number of rotatable bonds is 18. The van der Waals surface area contributed by atoms with Crippen LogP contribution in [-0.2, 0) is 27.1 Å². The zero-order valence-corrected chi connectivity index (χ0v) is 25.7. The number of hydrogen-bond acceptors (Lipinski definition) is 7. The van der Waals surface area contributed by atoms with Gasteiger partial charge in [-0.3, -0.25) is 4.79 Å². The number of carbonyl (C=O) groups excluding carboxylic acids is 1. The number of nitrogens with two attached hydrogens (primary N) is 1. The first-order valence-corrected chi connectivity index (χ1v) is 13.7. The van der Waals surface area contributed by atoms with E-state index in [2.05, 4.69) is 19.2 Å². The molecule has 0 bridgehead atoms. The maximum Gasteiger partial charge on any atom is 0.252 e. The van der Waals surface area contributed by atoms with E-state index in [9.17, 15) is 9.90 Å². The topological polar surface area (TPSA) is 112 Å². The van der Waals surface area contributed by atoms with Gasteiger partial charge < -0.3 is 35.1 Å². The lowest BCUT2D eigenvalue weighted by Crippen LogP contribution is -2.52. The third-order valence-electron chi connectivity index (χ3n) is 7.28. The van der Waals surface area contributed by atoms with Crippen molar-refractivity contribution in [1.82, 2.24) is 5.32 Å². The molecule has 0 aliphatic heterocycles. The van der Waals surface area contributed by atoms with Crippen LogP contribution in [0.1, 0.15) is 44.7 Å². The Hall–Kier alpha value is -2.36. The predicted octanol–water partition coefficient (Wildman–Crippen LogP) is 4.19. The zero-order valence-electron chi connectivity index (χ0n) is 24.9. The van der Waals surface area contributed by atoms with Crippen LogP contribution in [0.5, 0.6) is 11.5 Å². The van der Waals surface area contributed by atoms with Crippen LogP contribution in [0.4, 0.5) is 0 Å². The molecule has 0 heterocycles. The second kappa shape index (κ2) is 18.1. The summed E-state index contributed by atoms with van der Waals surface area (Å²) in [5.41, 5.74) is 7.50. The SMILES string of the molecule is COCCCOc1cc(C[C@@H](C[C@H](N)[C@@H](O)CNC(=O)[C@@](C)(Cc2ccccc2)OC)C(C)C)ccc1OC.Cl. The maximum atomic E-state index is 13.0. The van der Waals surface area contributed by atoms with E-state index in [1.165, 1.54) is 7.11 Å². The number of methoxy groups -OCH3 is 3. The molecule has 0 aliphatic rings. The standard InChI is InChI=1S/C31H48N2O6.ClH/c1-22(2)25(17-24-13-14-28(37-5)29(18-24)39-16-10-15-36-4)19-26(32)27(34)21-33-30(35)31(3,38-6)20-23-11-8-7-9-12-23;/h7-9,11-14,18,22,25-27,34H,10,15-17,19-21,32H2,1-6H3,(H,33,35);1H/t25-,26-,27-,31+;/m0./s1. The molecule has 2 aromatic rings. The van der Waals surface area contributed by atoms with E-state index in [0.717, 1.165) is 24.0 Å². The fourth-order valence-electron chi connectivity index (χ4n) is 4.51. The second-order valence-corrected chi connectivity index (χ2v) is 10.7. The Morgan fingerprint density at radius 2 is 1.73 bits per heavy atom. The highest BCUT2D eigenvalue weighted by Gasteiger charge is 2.34. The molecule has 0 spiro atoms. The van der Waals surface area contributed by atoms with Crippen molar-refractivity contribution in [2.45, 2.75) is 64.2 Å². The summed E-state index contributed by atoms with van der Waals surface area (Å²) in [4.78, 5) is 13.0. The molecule has 4 N–H and O–H groups in total. The summed E-state index contributed by atoms with van der Waals surface area (Å²) in [6.45, 7) is 7.30. The first-order valence-electron chi connectivity index (χ1n) is 13.7. The Kier molecular flexibility index (Phi) is 16.2. The third kappa shape index (κ3) is 11.3. The molecule has 0 aliphatic carbocycles. The Balaban J connectivity index is 0.00000800. The molecule has 0 saturated carbocycles. The molecule has 4 atom stereocenters. The smallest absolute Gasteiger partial charge is 0.252 e. The van der Waals surface area contributed by atoms with Crippen LogP contribution >= 0.6 is 12.4 Å². The summed E-state index contributed by atoms with van der Waals surface area (Å²) in [7, 11) is 4.82. The molecule has 1 amide bonds. The molecule has 40 heavy (non-hydrogen) atoms. The monoisotopic (exact) mass is 580 g/mol. The van der Waals surface area contributed by atoms with Gasteiger partial charge in [0.15, 0.2) is 11.5 Å². The average molecular weight is 581 g/mol. The number of halogens is 1. The van der Waals surface area contributed by atoms with Gasteiger partial charge in [-0.2, -0.15) is 0 Å². The molecule has 0 fully saturated rings. The molecular weight excluding hydrogens is 532 g/mol. The van der Waals surface area contributed by atoms with Crippen molar-refractivity contribution in [3.05, 3.63) is 59.7 Å². The van der Waals surface area contributed by atoms with Crippen LogP contribution in [-0.4, -0.2) is 69.8 Å². The van der Waals surface area contributed by atoms with Gasteiger partial charge in [-0.1, -0.05) is 50.2 Å². The van der Waals surface area contributed by atoms with E-state index >= 15 is 0 Å². The minimum atomic E-state index is -1.05. The van der Waals surface area contributed by atoms with Gasteiger partial charge in [-0.05, 0) is 54.9 Å². The van der Waals surface area contributed by atoms with E-state index in [1.807, 2.05) is 48.5 Å². The summed E-state index contributed by atoms with van der Waals surface area (Å²) < 4.78 is 22.1. The first-order chi connectivity index (χ1) is 18.6. The van der Waals surface area contributed by atoms with Gasteiger partial charge in [0.1, 0.15) is 5.60 Å². The summed E-state index contributed by atoms with van der Waals surface area (Å²) in [5.74, 6) is 1.68. The Morgan fingerprint density at radius 3 is 2.33 bits per heavy atom. The highest BCUT2D eigenvalue weighted by atomic mass is 35.5. The van der Waals surface area contributed by atoms with Crippen LogP contribution in [0.3, 0.4) is 0 Å². The number of aliphatic hydroxyl groups excluding tert-OH is 1. The van der Waals surface area contributed by atoms with Crippen molar-refractivity contribution in [3.8, 4) is 11.5 Å². The van der Waals surface area contributed by atoms with Crippen molar-refractivity contribution in [3.63, 3.8) is 0 Å². The minimum absolute atomic E-state index is 0. The fraction of sp³-hybridized carbons (Fsp3) is 0.581. The van der Waals surface area contributed by atoms with E-state index in [-0.39, 0.29) is 30.8 Å². The van der Waals surface area contributed by atoms with Crippen molar-refractivity contribution in [2.75, 3.05) is 41.1 Å². The number of aliphatic hydroxyl groups is 1. The number of hydrogen-bond donors (Lipinski definition) is 3.